The minimum absolute atomic E-state index is 0.0597. The Bertz CT molecular complexity index is 601. The van der Waals surface area contributed by atoms with Crippen molar-refractivity contribution < 1.29 is 9.84 Å². The molecule has 0 saturated carbocycles. The molecule has 0 aliphatic carbocycles. The zero-order valence-corrected chi connectivity index (χ0v) is 9.91. The van der Waals surface area contributed by atoms with E-state index in [0.29, 0.717) is 28.6 Å². The maximum atomic E-state index is 11.8. The predicted octanol–water partition coefficient (Wildman–Crippen LogP) is 2.19. The van der Waals surface area contributed by atoms with Gasteiger partial charge in [-0.25, -0.2) is 0 Å². The van der Waals surface area contributed by atoms with E-state index in [-0.39, 0.29) is 11.3 Å². The Morgan fingerprint density at radius 3 is 2.82 bits per heavy atom. The second-order valence-electron chi connectivity index (χ2n) is 3.94. The van der Waals surface area contributed by atoms with Crippen LogP contribution in [0.1, 0.15) is 18.9 Å². The number of aromatic nitrogens is 1. The van der Waals surface area contributed by atoms with Crippen LogP contribution in [0.15, 0.2) is 23.0 Å². The molecule has 2 N–H and O–H groups in total. The van der Waals surface area contributed by atoms with Crippen LogP contribution < -0.4 is 10.3 Å². The van der Waals surface area contributed by atoms with Crippen molar-refractivity contribution in [3.63, 3.8) is 0 Å². The lowest BCUT2D eigenvalue weighted by molar-refractivity contribution is 0.415. The molecule has 0 saturated heterocycles. The van der Waals surface area contributed by atoms with Gasteiger partial charge in [-0.2, -0.15) is 0 Å². The third-order valence-corrected chi connectivity index (χ3v) is 2.79. The first kappa shape index (κ1) is 11.5. The van der Waals surface area contributed by atoms with E-state index in [1.54, 1.807) is 25.3 Å². The summed E-state index contributed by atoms with van der Waals surface area (Å²) in [4.78, 5) is 14.5. The van der Waals surface area contributed by atoms with Crippen molar-refractivity contribution in [1.29, 1.82) is 0 Å². The quantitative estimate of drug-likeness (QED) is 0.854. The SMILES string of the molecule is CCCc1c(O)c2cc(OC)ccc2[nH]c1=O. The normalized spacial score (nSPS) is 10.7. The predicted molar refractivity (Wildman–Crippen MR) is 66.8 cm³/mol. The molecule has 4 heteroatoms. The summed E-state index contributed by atoms with van der Waals surface area (Å²) in [6, 6.07) is 5.20. The number of rotatable bonds is 3. The van der Waals surface area contributed by atoms with E-state index >= 15 is 0 Å². The first-order valence-corrected chi connectivity index (χ1v) is 5.59. The first-order chi connectivity index (χ1) is 8.17. The van der Waals surface area contributed by atoms with Crippen molar-refractivity contribution in [1.82, 2.24) is 4.98 Å². The number of hydrogen-bond acceptors (Lipinski definition) is 3. The summed E-state index contributed by atoms with van der Waals surface area (Å²) in [5.41, 5.74) is 0.837. The van der Waals surface area contributed by atoms with Crippen LogP contribution in [0, 0.1) is 0 Å². The Hall–Kier alpha value is -1.97. The Balaban J connectivity index is 2.74. The van der Waals surface area contributed by atoms with Crippen LogP contribution in [0.25, 0.3) is 10.9 Å². The van der Waals surface area contributed by atoms with Gasteiger partial charge in [0.1, 0.15) is 11.5 Å². The zero-order valence-electron chi connectivity index (χ0n) is 9.91. The van der Waals surface area contributed by atoms with Gasteiger partial charge in [0.25, 0.3) is 5.56 Å². The molecule has 0 aliphatic rings. The summed E-state index contributed by atoms with van der Waals surface area (Å²) < 4.78 is 5.10. The van der Waals surface area contributed by atoms with Crippen LogP contribution in [0.4, 0.5) is 0 Å². The van der Waals surface area contributed by atoms with Gasteiger partial charge in [0.15, 0.2) is 0 Å². The van der Waals surface area contributed by atoms with Crippen molar-refractivity contribution in [2.75, 3.05) is 7.11 Å². The summed E-state index contributed by atoms with van der Waals surface area (Å²) in [7, 11) is 1.57. The maximum Gasteiger partial charge on any atom is 0.255 e. The van der Waals surface area contributed by atoms with Gasteiger partial charge in [-0.15, -0.1) is 0 Å². The van der Waals surface area contributed by atoms with E-state index in [0.717, 1.165) is 6.42 Å². The minimum atomic E-state index is -0.220. The topological polar surface area (TPSA) is 62.3 Å². The molecule has 4 nitrogen and oxygen atoms in total. The van der Waals surface area contributed by atoms with E-state index in [1.165, 1.54) is 0 Å². The van der Waals surface area contributed by atoms with Gasteiger partial charge < -0.3 is 14.8 Å². The fourth-order valence-electron chi connectivity index (χ4n) is 1.91. The average molecular weight is 233 g/mol. The second kappa shape index (κ2) is 4.49. The number of aromatic amines is 1. The molecule has 0 bridgehead atoms. The lowest BCUT2D eigenvalue weighted by Crippen LogP contribution is -2.12. The number of nitrogens with one attached hydrogen (secondary N) is 1. The summed E-state index contributed by atoms with van der Waals surface area (Å²) in [6.45, 7) is 1.97. The fourth-order valence-corrected chi connectivity index (χ4v) is 1.91. The molecule has 1 aromatic heterocycles. The highest BCUT2D eigenvalue weighted by Crippen LogP contribution is 2.28. The zero-order chi connectivity index (χ0) is 12.4. The van der Waals surface area contributed by atoms with Gasteiger partial charge in [-0.1, -0.05) is 13.3 Å². The number of pyridine rings is 1. The Kier molecular flexibility index (Phi) is 3.04. The molecule has 1 heterocycles. The smallest absolute Gasteiger partial charge is 0.255 e. The van der Waals surface area contributed by atoms with Crippen LogP contribution in [-0.2, 0) is 6.42 Å². The molecule has 17 heavy (non-hydrogen) atoms. The number of benzene rings is 1. The molecular weight excluding hydrogens is 218 g/mol. The highest BCUT2D eigenvalue weighted by Gasteiger charge is 2.11. The summed E-state index contributed by atoms with van der Waals surface area (Å²) in [5, 5.41) is 10.7. The first-order valence-electron chi connectivity index (χ1n) is 5.59. The Morgan fingerprint density at radius 1 is 1.41 bits per heavy atom. The molecule has 1 aromatic carbocycles. The molecule has 0 unspecified atom stereocenters. The lowest BCUT2D eigenvalue weighted by Gasteiger charge is -2.08. The van der Waals surface area contributed by atoms with Crippen LogP contribution in [-0.4, -0.2) is 17.2 Å². The third-order valence-electron chi connectivity index (χ3n) is 2.79. The van der Waals surface area contributed by atoms with Crippen LogP contribution >= 0.6 is 0 Å². The molecular formula is C13H15NO3. The van der Waals surface area contributed by atoms with Crippen LogP contribution in [0.2, 0.25) is 0 Å². The fraction of sp³-hybridized carbons (Fsp3) is 0.308. The molecule has 0 radical (unpaired) electrons. The van der Waals surface area contributed by atoms with Gasteiger partial charge in [0.2, 0.25) is 0 Å². The van der Waals surface area contributed by atoms with Gasteiger partial charge in [-0.3, -0.25) is 4.79 Å². The number of methoxy groups -OCH3 is 1. The molecule has 0 amide bonds. The van der Waals surface area contributed by atoms with E-state index in [9.17, 15) is 9.90 Å². The molecule has 90 valence electrons. The Labute approximate surface area is 98.9 Å². The second-order valence-corrected chi connectivity index (χ2v) is 3.94. The van der Waals surface area contributed by atoms with Crippen LogP contribution in [0.3, 0.4) is 0 Å². The number of fused-ring (bicyclic) bond motifs is 1. The van der Waals surface area contributed by atoms with Crippen molar-refractivity contribution >= 4 is 10.9 Å². The highest BCUT2D eigenvalue weighted by atomic mass is 16.5. The number of hydrogen-bond donors (Lipinski definition) is 2. The molecule has 2 aromatic rings. The van der Waals surface area contributed by atoms with Crippen molar-refractivity contribution in [3.05, 3.63) is 34.1 Å². The molecule has 0 fully saturated rings. The average Bonchev–Trinajstić information content (AvgIpc) is 2.34. The largest absolute Gasteiger partial charge is 0.507 e. The standard InChI is InChI=1S/C13H15NO3/c1-3-4-9-12(15)10-7-8(17-2)5-6-11(10)14-13(9)16/h5-7H,3-4H2,1-2H3,(H2,14,15,16). The van der Waals surface area contributed by atoms with E-state index in [2.05, 4.69) is 4.98 Å². The van der Waals surface area contributed by atoms with Crippen molar-refractivity contribution in [2.24, 2.45) is 0 Å². The van der Waals surface area contributed by atoms with Gasteiger partial charge in [0.05, 0.1) is 18.2 Å². The van der Waals surface area contributed by atoms with Gasteiger partial charge in [0, 0.05) is 5.39 Å². The summed E-state index contributed by atoms with van der Waals surface area (Å²) >= 11 is 0. The van der Waals surface area contributed by atoms with E-state index < -0.39 is 0 Å². The number of aromatic hydroxyl groups is 1. The van der Waals surface area contributed by atoms with Crippen LogP contribution in [0.5, 0.6) is 11.5 Å². The third kappa shape index (κ3) is 1.98. The Morgan fingerprint density at radius 2 is 2.18 bits per heavy atom. The van der Waals surface area contributed by atoms with Crippen molar-refractivity contribution in [3.8, 4) is 11.5 Å². The summed E-state index contributed by atoms with van der Waals surface area (Å²) in [6.07, 6.45) is 1.38. The van der Waals surface area contributed by atoms with E-state index in [4.69, 9.17) is 4.74 Å². The minimum Gasteiger partial charge on any atom is -0.507 e. The molecule has 0 aliphatic heterocycles. The lowest BCUT2D eigenvalue weighted by atomic mass is 10.1. The number of H-pyrrole nitrogens is 1. The van der Waals surface area contributed by atoms with E-state index in [1.807, 2.05) is 6.92 Å². The van der Waals surface area contributed by atoms with Crippen molar-refractivity contribution in [2.45, 2.75) is 19.8 Å². The molecule has 2 rings (SSSR count). The highest BCUT2D eigenvalue weighted by molar-refractivity contribution is 5.87. The monoisotopic (exact) mass is 233 g/mol. The number of ether oxygens (including phenoxy) is 1. The maximum absolute atomic E-state index is 11.8. The van der Waals surface area contributed by atoms with Gasteiger partial charge in [-0.05, 0) is 24.6 Å². The molecule has 0 atom stereocenters. The summed E-state index contributed by atoms with van der Waals surface area (Å²) in [5.74, 6) is 0.715. The van der Waals surface area contributed by atoms with Gasteiger partial charge >= 0.3 is 0 Å². The molecule has 0 spiro atoms.